The Balaban J connectivity index is 1.60. The molecule has 25 heavy (non-hydrogen) atoms. The van der Waals surface area contributed by atoms with Crippen LogP contribution in [0.4, 0.5) is 10.6 Å². The number of hydrogen-bond donors (Lipinski definition) is 2. The summed E-state index contributed by atoms with van der Waals surface area (Å²) >= 11 is 0. The van der Waals surface area contributed by atoms with Gasteiger partial charge in [-0.1, -0.05) is 30.3 Å². The number of benzene rings is 1. The molecule has 1 aromatic heterocycles. The lowest BCUT2D eigenvalue weighted by atomic mass is 10.1. The van der Waals surface area contributed by atoms with Crippen molar-refractivity contribution in [3.63, 3.8) is 0 Å². The summed E-state index contributed by atoms with van der Waals surface area (Å²) in [5.74, 6) is -0.359. The molecule has 0 spiro atoms. The summed E-state index contributed by atoms with van der Waals surface area (Å²) < 4.78 is 1.64. The van der Waals surface area contributed by atoms with E-state index in [1.54, 1.807) is 17.8 Å². The number of carbonyl (C=O) groups is 3. The predicted molar refractivity (Wildman–Crippen MR) is 90.5 cm³/mol. The molecule has 1 atom stereocenters. The van der Waals surface area contributed by atoms with Crippen molar-refractivity contribution in [2.24, 2.45) is 7.05 Å². The molecule has 2 N–H and O–H groups in total. The third-order valence-electron chi connectivity index (χ3n) is 4.06. The molecule has 8 nitrogen and oxygen atoms in total. The van der Waals surface area contributed by atoms with Crippen molar-refractivity contribution in [1.82, 2.24) is 20.0 Å². The lowest BCUT2D eigenvalue weighted by molar-refractivity contribution is -0.130. The van der Waals surface area contributed by atoms with Crippen LogP contribution in [-0.2, 0) is 23.2 Å². The first-order valence-corrected chi connectivity index (χ1v) is 7.90. The standard InChI is InChI=1S/C17H19N5O3/c1-11-8-14(20-21(11)2)19-15(23)9-13-16(24)22(17(25)18-13)10-12-6-4-3-5-7-12/h3-8,13H,9-10H2,1-2H3,(H,18,25)(H,19,20,23). The summed E-state index contributed by atoms with van der Waals surface area (Å²) in [7, 11) is 1.77. The van der Waals surface area contributed by atoms with Gasteiger partial charge in [-0.2, -0.15) is 5.10 Å². The van der Waals surface area contributed by atoms with Gasteiger partial charge in [-0.25, -0.2) is 4.79 Å². The Kier molecular flexibility index (Phi) is 4.51. The summed E-state index contributed by atoms with van der Waals surface area (Å²) in [4.78, 5) is 37.7. The molecule has 3 rings (SSSR count). The molecule has 1 aromatic carbocycles. The summed E-state index contributed by atoms with van der Waals surface area (Å²) in [6.45, 7) is 2.05. The third-order valence-corrected chi connectivity index (χ3v) is 4.06. The molecule has 0 saturated carbocycles. The van der Waals surface area contributed by atoms with E-state index in [-0.39, 0.29) is 18.9 Å². The molecule has 0 aliphatic carbocycles. The minimum absolute atomic E-state index is 0.133. The Morgan fingerprint density at radius 2 is 2.00 bits per heavy atom. The van der Waals surface area contributed by atoms with Crippen molar-refractivity contribution in [3.05, 3.63) is 47.7 Å². The fourth-order valence-corrected chi connectivity index (χ4v) is 2.63. The lowest BCUT2D eigenvalue weighted by Crippen LogP contribution is -2.34. The molecule has 4 amide bonds. The number of hydrogen-bond acceptors (Lipinski definition) is 4. The first-order valence-electron chi connectivity index (χ1n) is 7.90. The summed E-state index contributed by atoms with van der Waals surface area (Å²) in [6.07, 6.45) is -0.133. The fraction of sp³-hybridized carbons (Fsp3) is 0.294. The van der Waals surface area contributed by atoms with Crippen molar-refractivity contribution in [2.75, 3.05) is 5.32 Å². The van der Waals surface area contributed by atoms with E-state index in [2.05, 4.69) is 15.7 Å². The van der Waals surface area contributed by atoms with Gasteiger partial charge >= 0.3 is 6.03 Å². The lowest BCUT2D eigenvalue weighted by Gasteiger charge is -2.12. The van der Waals surface area contributed by atoms with Crippen molar-refractivity contribution >= 4 is 23.7 Å². The van der Waals surface area contributed by atoms with Gasteiger partial charge in [0.25, 0.3) is 5.91 Å². The second-order valence-electron chi connectivity index (χ2n) is 5.96. The van der Waals surface area contributed by atoms with Crippen LogP contribution in [0.15, 0.2) is 36.4 Å². The van der Waals surface area contributed by atoms with Gasteiger partial charge in [-0.05, 0) is 12.5 Å². The topological polar surface area (TPSA) is 96.3 Å². The maximum Gasteiger partial charge on any atom is 0.325 e. The Bertz CT molecular complexity index is 795. The summed E-state index contributed by atoms with van der Waals surface area (Å²) in [5.41, 5.74) is 1.75. The van der Waals surface area contributed by atoms with Crippen LogP contribution >= 0.6 is 0 Å². The van der Waals surface area contributed by atoms with E-state index in [0.29, 0.717) is 5.82 Å². The van der Waals surface area contributed by atoms with Crippen LogP contribution in [0.1, 0.15) is 17.7 Å². The zero-order valence-corrected chi connectivity index (χ0v) is 14.0. The van der Waals surface area contributed by atoms with Gasteiger partial charge in [0.2, 0.25) is 5.91 Å². The second kappa shape index (κ2) is 6.76. The van der Waals surface area contributed by atoms with E-state index in [9.17, 15) is 14.4 Å². The predicted octanol–water partition coefficient (Wildman–Crippen LogP) is 1.18. The fourth-order valence-electron chi connectivity index (χ4n) is 2.63. The highest BCUT2D eigenvalue weighted by molar-refractivity contribution is 6.06. The number of aromatic nitrogens is 2. The average molecular weight is 341 g/mol. The largest absolute Gasteiger partial charge is 0.325 e. The summed E-state index contributed by atoms with van der Waals surface area (Å²) in [6, 6.07) is 9.60. The molecule has 1 fully saturated rings. The van der Waals surface area contributed by atoms with Crippen LogP contribution in [0, 0.1) is 6.92 Å². The number of urea groups is 1. The van der Waals surface area contributed by atoms with Crippen LogP contribution in [0.5, 0.6) is 0 Å². The van der Waals surface area contributed by atoms with Crippen LogP contribution < -0.4 is 10.6 Å². The second-order valence-corrected chi connectivity index (χ2v) is 5.96. The van der Waals surface area contributed by atoms with Gasteiger partial charge in [0.05, 0.1) is 13.0 Å². The molecule has 1 aliphatic heterocycles. The van der Waals surface area contributed by atoms with Gasteiger partial charge in [-0.3, -0.25) is 19.2 Å². The molecule has 0 radical (unpaired) electrons. The molecule has 8 heteroatoms. The normalized spacial score (nSPS) is 16.9. The molecular formula is C17H19N5O3. The molecular weight excluding hydrogens is 322 g/mol. The van der Waals surface area contributed by atoms with Gasteiger partial charge in [0.15, 0.2) is 5.82 Å². The third kappa shape index (κ3) is 3.68. The van der Waals surface area contributed by atoms with Crippen molar-refractivity contribution in [2.45, 2.75) is 25.9 Å². The van der Waals surface area contributed by atoms with E-state index >= 15 is 0 Å². The highest BCUT2D eigenvalue weighted by Gasteiger charge is 2.39. The smallest absolute Gasteiger partial charge is 0.325 e. The highest BCUT2D eigenvalue weighted by atomic mass is 16.2. The van der Waals surface area contributed by atoms with Gasteiger partial charge in [0, 0.05) is 18.8 Å². The molecule has 1 unspecified atom stereocenters. The number of carbonyl (C=O) groups excluding carboxylic acids is 3. The van der Waals surface area contributed by atoms with Crippen LogP contribution in [0.3, 0.4) is 0 Å². The number of amides is 4. The number of imide groups is 1. The van der Waals surface area contributed by atoms with E-state index in [1.165, 1.54) is 0 Å². The summed E-state index contributed by atoms with van der Waals surface area (Å²) in [5, 5.41) is 9.33. The van der Waals surface area contributed by atoms with Crippen LogP contribution in [0.25, 0.3) is 0 Å². The maximum absolute atomic E-state index is 12.4. The maximum atomic E-state index is 12.4. The number of rotatable bonds is 5. The quantitative estimate of drug-likeness (QED) is 0.798. The Labute approximate surface area is 144 Å². The van der Waals surface area contributed by atoms with Crippen molar-refractivity contribution in [3.8, 4) is 0 Å². The van der Waals surface area contributed by atoms with Crippen LogP contribution in [-0.4, -0.2) is 38.6 Å². The Hall–Kier alpha value is -3.16. The van der Waals surface area contributed by atoms with E-state index in [0.717, 1.165) is 16.2 Å². The Morgan fingerprint density at radius 3 is 2.64 bits per heavy atom. The minimum atomic E-state index is -0.860. The van der Waals surface area contributed by atoms with Gasteiger partial charge in [0.1, 0.15) is 6.04 Å². The SMILES string of the molecule is Cc1cc(NC(=O)CC2NC(=O)N(Cc3ccccc3)C2=O)nn1C. The number of nitrogens with zero attached hydrogens (tertiary/aromatic N) is 3. The van der Waals surface area contributed by atoms with E-state index in [1.807, 2.05) is 37.3 Å². The molecule has 2 heterocycles. The Morgan fingerprint density at radius 1 is 1.28 bits per heavy atom. The number of anilines is 1. The number of nitrogens with one attached hydrogen (secondary N) is 2. The van der Waals surface area contributed by atoms with Gasteiger partial charge < -0.3 is 10.6 Å². The highest BCUT2D eigenvalue weighted by Crippen LogP contribution is 2.15. The van der Waals surface area contributed by atoms with Gasteiger partial charge in [-0.15, -0.1) is 0 Å². The molecule has 2 aromatic rings. The van der Waals surface area contributed by atoms with Crippen LogP contribution in [0.2, 0.25) is 0 Å². The van der Waals surface area contributed by atoms with E-state index < -0.39 is 18.0 Å². The van der Waals surface area contributed by atoms with Crippen molar-refractivity contribution in [1.29, 1.82) is 0 Å². The molecule has 0 bridgehead atoms. The zero-order chi connectivity index (χ0) is 18.0. The average Bonchev–Trinajstić information content (AvgIpc) is 3.01. The molecule has 1 saturated heterocycles. The number of aryl methyl sites for hydroxylation is 2. The minimum Gasteiger partial charge on any atom is -0.325 e. The zero-order valence-electron chi connectivity index (χ0n) is 14.0. The first-order chi connectivity index (χ1) is 11.9. The van der Waals surface area contributed by atoms with E-state index in [4.69, 9.17) is 0 Å². The molecule has 1 aliphatic rings. The molecule has 130 valence electrons. The monoisotopic (exact) mass is 341 g/mol. The van der Waals surface area contributed by atoms with Crippen molar-refractivity contribution < 1.29 is 14.4 Å². The first kappa shape index (κ1) is 16.7.